The maximum atomic E-state index is 12.6. The SMILES string of the molecule is CCCC1(C(=O)NCC2CCOCC2)CCNCC1. The molecular weight excluding hydrogens is 240 g/mol. The summed E-state index contributed by atoms with van der Waals surface area (Å²) < 4.78 is 5.36. The lowest BCUT2D eigenvalue weighted by Crippen LogP contribution is -2.48. The van der Waals surface area contributed by atoms with Crippen LogP contribution in [0.1, 0.15) is 45.4 Å². The van der Waals surface area contributed by atoms with E-state index in [2.05, 4.69) is 17.6 Å². The maximum Gasteiger partial charge on any atom is 0.226 e. The summed E-state index contributed by atoms with van der Waals surface area (Å²) in [4.78, 5) is 12.6. The first-order valence-corrected chi connectivity index (χ1v) is 7.83. The van der Waals surface area contributed by atoms with Gasteiger partial charge in [0.2, 0.25) is 5.91 Å². The van der Waals surface area contributed by atoms with Crippen molar-refractivity contribution >= 4 is 5.91 Å². The van der Waals surface area contributed by atoms with Gasteiger partial charge in [-0.15, -0.1) is 0 Å². The minimum absolute atomic E-state index is 0.106. The highest BCUT2D eigenvalue weighted by Gasteiger charge is 2.38. The maximum absolute atomic E-state index is 12.6. The number of hydrogen-bond donors (Lipinski definition) is 2. The standard InChI is InChI=1S/C15H28N2O2/c1-2-5-15(6-8-16-9-7-15)14(18)17-12-13-3-10-19-11-4-13/h13,16H,2-12H2,1H3,(H,17,18). The molecule has 4 nitrogen and oxygen atoms in total. The minimum Gasteiger partial charge on any atom is -0.381 e. The lowest BCUT2D eigenvalue weighted by Gasteiger charge is -2.36. The molecule has 2 fully saturated rings. The lowest BCUT2D eigenvalue weighted by molar-refractivity contribution is -0.133. The zero-order valence-electron chi connectivity index (χ0n) is 12.2. The first-order valence-electron chi connectivity index (χ1n) is 7.83. The smallest absolute Gasteiger partial charge is 0.226 e. The van der Waals surface area contributed by atoms with Crippen LogP contribution in [0.15, 0.2) is 0 Å². The van der Waals surface area contributed by atoms with Gasteiger partial charge in [-0.05, 0) is 51.1 Å². The Morgan fingerprint density at radius 3 is 2.63 bits per heavy atom. The molecule has 0 spiro atoms. The molecule has 0 unspecified atom stereocenters. The Hall–Kier alpha value is -0.610. The number of ether oxygens (including phenoxy) is 1. The Balaban J connectivity index is 1.84. The Morgan fingerprint density at radius 1 is 1.32 bits per heavy atom. The van der Waals surface area contributed by atoms with Crippen LogP contribution >= 0.6 is 0 Å². The lowest BCUT2D eigenvalue weighted by atomic mass is 9.74. The minimum atomic E-state index is -0.106. The monoisotopic (exact) mass is 268 g/mol. The molecule has 0 aromatic heterocycles. The summed E-state index contributed by atoms with van der Waals surface area (Å²) in [5, 5.41) is 6.59. The fraction of sp³-hybridized carbons (Fsp3) is 0.933. The van der Waals surface area contributed by atoms with Gasteiger partial charge in [0, 0.05) is 19.8 Å². The molecule has 4 heteroatoms. The summed E-state index contributed by atoms with van der Waals surface area (Å²) in [7, 11) is 0. The number of carbonyl (C=O) groups excluding carboxylic acids is 1. The number of piperidine rings is 1. The van der Waals surface area contributed by atoms with Crippen LogP contribution in [0.25, 0.3) is 0 Å². The van der Waals surface area contributed by atoms with Crippen LogP contribution in [0.2, 0.25) is 0 Å². The summed E-state index contributed by atoms with van der Waals surface area (Å²) in [5.41, 5.74) is -0.106. The van der Waals surface area contributed by atoms with E-state index < -0.39 is 0 Å². The van der Waals surface area contributed by atoms with Crippen molar-refractivity contribution in [2.45, 2.75) is 45.4 Å². The van der Waals surface area contributed by atoms with Crippen LogP contribution < -0.4 is 10.6 Å². The fourth-order valence-electron chi connectivity index (χ4n) is 3.35. The van der Waals surface area contributed by atoms with Crippen molar-refractivity contribution in [2.75, 3.05) is 32.8 Å². The van der Waals surface area contributed by atoms with Crippen molar-refractivity contribution in [3.05, 3.63) is 0 Å². The molecule has 0 aromatic rings. The van der Waals surface area contributed by atoms with E-state index in [0.717, 1.165) is 71.4 Å². The zero-order valence-corrected chi connectivity index (χ0v) is 12.2. The van der Waals surface area contributed by atoms with E-state index in [4.69, 9.17) is 4.74 Å². The quantitative estimate of drug-likeness (QED) is 0.798. The second-order valence-electron chi connectivity index (χ2n) is 6.05. The van der Waals surface area contributed by atoms with Crippen LogP contribution in [0.4, 0.5) is 0 Å². The fourth-order valence-corrected chi connectivity index (χ4v) is 3.35. The van der Waals surface area contributed by atoms with Gasteiger partial charge >= 0.3 is 0 Å². The Labute approximate surface area is 116 Å². The summed E-state index contributed by atoms with van der Waals surface area (Å²) >= 11 is 0. The van der Waals surface area contributed by atoms with Crippen LogP contribution in [-0.4, -0.2) is 38.8 Å². The zero-order chi connectivity index (χ0) is 13.6. The van der Waals surface area contributed by atoms with Crippen LogP contribution in [0, 0.1) is 11.3 Å². The molecule has 19 heavy (non-hydrogen) atoms. The highest BCUT2D eigenvalue weighted by molar-refractivity contribution is 5.82. The van der Waals surface area contributed by atoms with Crippen molar-refractivity contribution in [3.63, 3.8) is 0 Å². The van der Waals surface area contributed by atoms with E-state index in [-0.39, 0.29) is 5.41 Å². The average molecular weight is 268 g/mol. The number of nitrogens with one attached hydrogen (secondary N) is 2. The molecule has 0 aliphatic carbocycles. The molecule has 0 radical (unpaired) electrons. The number of carbonyl (C=O) groups is 1. The van der Waals surface area contributed by atoms with Crippen molar-refractivity contribution in [1.29, 1.82) is 0 Å². The molecule has 0 saturated carbocycles. The summed E-state index contributed by atoms with van der Waals surface area (Å²) in [5.74, 6) is 0.903. The topological polar surface area (TPSA) is 50.4 Å². The summed E-state index contributed by atoms with van der Waals surface area (Å²) in [6.07, 6.45) is 6.26. The molecule has 2 rings (SSSR count). The van der Waals surface area contributed by atoms with Crippen LogP contribution in [0.5, 0.6) is 0 Å². The number of rotatable bonds is 5. The second kappa shape index (κ2) is 7.25. The third-order valence-electron chi connectivity index (χ3n) is 4.66. The van der Waals surface area contributed by atoms with Gasteiger partial charge in [-0.25, -0.2) is 0 Å². The third-order valence-corrected chi connectivity index (χ3v) is 4.66. The molecule has 1 amide bonds. The first-order chi connectivity index (χ1) is 9.27. The molecule has 2 aliphatic rings. The first kappa shape index (κ1) is 14.8. The van der Waals surface area contributed by atoms with E-state index in [1.807, 2.05) is 0 Å². The molecule has 2 aliphatic heterocycles. The van der Waals surface area contributed by atoms with E-state index in [1.165, 1.54) is 0 Å². The summed E-state index contributed by atoms with van der Waals surface area (Å²) in [6, 6.07) is 0. The molecule has 2 saturated heterocycles. The third kappa shape index (κ3) is 3.93. The molecular formula is C15H28N2O2. The Morgan fingerprint density at radius 2 is 2.00 bits per heavy atom. The molecule has 2 heterocycles. The van der Waals surface area contributed by atoms with Gasteiger partial charge in [0.15, 0.2) is 0 Å². The van der Waals surface area contributed by atoms with Gasteiger partial charge < -0.3 is 15.4 Å². The molecule has 2 N–H and O–H groups in total. The highest BCUT2D eigenvalue weighted by atomic mass is 16.5. The van der Waals surface area contributed by atoms with Gasteiger partial charge in [-0.1, -0.05) is 13.3 Å². The van der Waals surface area contributed by atoms with Gasteiger partial charge in [0.25, 0.3) is 0 Å². The van der Waals surface area contributed by atoms with Gasteiger partial charge in [0.1, 0.15) is 0 Å². The van der Waals surface area contributed by atoms with Crippen LogP contribution in [-0.2, 0) is 9.53 Å². The van der Waals surface area contributed by atoms with E-state index in [0.29, 0.717) is 11.8 Å². The van der Waals surface area contributed by atoms with Gasteiger partial charge in [-0.3, -0.25) is 4.79 Å². The largest absolute Gasteiger partial charge is 0.381 e. The highest BCUT2D eigenvalue weighted by Crippen LogP contribution is 2.34. The molecule has 0 aromatic carbocycles. The molecule has 0 bridgehead atoms. The van der Waals surface area contributed by atoms with Crippen molar-refractivity contribution in [1.82, 2.24) is 10.6 Å². The number of hydrogen-bond acceptors (Lipinski definition) is 3. The van der Waals surface area contributed by atoms with Gasteiger partial charge in [-0.2, -0.15) is 0 Å². The van der Waals surface area contributed by atoms with Crippen LogP contribution in [0.3, 0.4) is 0 Å². The van der Waals surface area contributed by atoms with Crippen molar-refractivity contribution in [2.24, 2.45) is 11.3 Å². The average Bonchev–Trinajstić information content (AvgIpc) is 2.47. The second-order valence-corrected chi connectivity index (χ2v) is 6.05. The molecule has 110 valence electrons. The van der Waals surface area contributed by atoms with Crippen molar-refractivity contribution in [3.8, 4) is 0 Å². The van der Waals surface area contributed by atoms with E-state index >= 15 is 0 Å². The Kier molecular flexibility index (Phi) is 5.64. The normalized spacial score (nSPS) is 24.1. The van der Waals surface area contributed by atoms with E-state index in [1.54, 1.807) is 0 Å². The van der Waals surface area contributed by atoms with Gasteiger partial charge in [0.05, 0.1) is 5.41 Å². The van der Waals surface area contributed by atoms with E-state index in [9.17, 15) is 4.79 Å². The predicted octanol–water partition coefficient (Wildman–Crippen LogP) is 1.70. The van der Waals surface area contributed by atoms with Crippen molar-refractivity contribution < 1.29 is 9.53 Å². The predicted molar refractivity (Wildman–Crippen MR) is 76.0 cm³/mol. The number of amides is 1. The summed E-state index contributed by atoms with van der Waals surface area (Å²) in [6.45, 7) is 6.67. The Bertz CT molecular complexity index is 276. The molecule has 0 atom stereocenters.